The van der Waals surface area contributed by atoms with Gasteiger partial charge in [-0.2, -0.15) is 4.99 Å². The van der Waals surface area contributed by atoms with E-state index in [2.05, 4.69) is 65.7 Å². The van der Waals surface area contributed by atoms with Crippen molar-refractivity contribution in [3.8, 4) is 0 Å². The predicted molar refractivity (Wildman–Crippen MR) is 81.2 cm³/mol. The van der Waals surface area contributed by atoms with Crippen molar-refractivity contribution in [3.05, 3.63) is 65.2 Å². The molecule has 18 heavy (non-hydrogen) atoms. The van der Waals surface area contributed by atoms with Gasteiger partial charge in [0.1, 0.15) is 0 Å². The van der Waals surface area contributed by atoms with Gasteiger partial charge in [-0.05, 0) is 42.4 Å². The molecular formula is C16H13NS. The van der Waals surface area contributed by atoms with Gasteiger partial charge in [-0.3, -0.25) is 0 Å². The van der Waals surface area contributed by atoms with Crippen LogP contribution >= 0.6 is 12.2 Å². The van der Waals surface area contributed by atoms with Crippen molar-refractivity contribution in [2.75, 3.05) is 0 Å². The third kappa shape index (κ3) is 3.49. The molecule has 88 valence electrons. The average Bonchev–Trinajstić information content (AvgIpc) is 2.40. The summed E-state index contributed by atoms with van der Waals surface area (Å²) in [7, 11) is 0. The van der Waals surface area contributed by atoms with Crippen LogP contribution in [0.4, 0.5) is 5.69 Å². The van der Waals surface area contributed by atoms with Crippen LogP contribution in [0.3, 0.4) is 0 Å². The molecule has 0 fully saturated rings. The molecule has 0 aliphatic heterocycles. The molecule has 2 aromatic carbocycles. The molecule has 0 saturated carbocycles. The highest BCUT2D eigenvalue weighted by Crippen LogP contribution is 2.14. The number of hydrogen-bond acceptors (Lipinski definition) is 2. The Kier molecular flexibility index (Phi) is 4.19. The smallest absolute Gasteiger partial charge is 0.0739 e. The standard InChI is InChI=1S/C16H13NS/c1-13-2-4-14(5-3-13)6-7-15-8-10-16(11-9-15)17-12-18/h2-11H,1H3. The van der Waals surface area contributed by atoms with E-state index in [0.717, 1.165) is 11.3 Å². The van der Waals surface area contributed by atoms with E-state index in [0.29, 0.717) is 0 Å². The second kappa shape index (κ2) is 6.06. The minimum absolute atomic E-state index is 0.831. The van der Waals surface area contributed by atoms with Crippen LogP contribution in [0.5, 0.6) is 0 Å². The molecule has 0 N–H and O–H groups in total. The number of aliphatic imine (C=N–C) groups is 1. The maximum absolute atomic E-state index is 4.56. The lowest BCUT2D eigenvalue weighted by molar-refractivity contribution is 1.46. The summed E-state index contributed by atoms with van der Waals surface area (Å²) in [5.41, 5.74) is 4.44. The van der Waals surface area contributed by atoms with E-state index in [1.54, 1.807) is 0 Å². The predicted octanol–water partition coefficient (Wildman–Crippen LogP) is 4.90. The summed E-state index contributed by atoms with van der Waals surface area (Å²) in [6, 6.07) is 16.3. The fourth-order valence-corrected chi connectivity index (χ4v) is 1.69. The zero-order valence-electron chi connectivity index (χ0n) is 10.1. The molecule has 0 radical (unpaired) electrons. The Hall–Kier alpha value is -2.02. The number of aryl methyl sites for hydroxylation is 1. The molecule has 0 amide bonds. The van der Waals surface area contributed by atoms with Gasteiger partial charge in [-0.15, -0.1) is 0 Å². The first-order valence-corrected chi connectivity index (χ1v) is 6.11. The van der Waals surface area contributed by atoms with Crippen LogP contribution in [0.1, 0.15) is 16.7 Å². The summed E-state index contributed by atoms with van der Waals surface area (Å²) >= 11 is 4.56. The molecule has 2 aromatic rings. The second-order valence-corrected chi connectivity index (χ2v) is 4.22. The van der Waals surface area contributed by atoms with Gasteiger partial charge in [0.2, 0.25) is 0 Å². The van der Waals surface area contributed by atoms with Gasteiger partial charge in [-0.1, -0.05) is 54.1 Å². The van der Waals surface area contributed by atoms with Gasteiger partial charge < -0.3 is 0 Å². The van der Waals surface area contributed by atoms with Gasteiger partial charge in [-0.25, -0.2) is 0 Å². The van der Waals surface area contributed by atoms with E-state index < -0.39 is 0 Å². The SMILES string of the molecule is Cc1ccc(C=Cc2ccc(N=C=S)cc2)cc1. The topological polar surface area (TPSA) is 12.4 Å². The van der Waals surface area contributed by atoms with Crippen LogP contribution in [-0.4, -0.2) is 5.16 Å². The molecule has 2 rings (SSSR count). The first kappa shape index (κ1) is 12.4. The third-order valence-electron chi connectivity index (χ3n) is 2.61. The fourth-order valence-electron chi connectivity index (χ4n) is 1.58. The number of benzene rings is 2. The molecule has 0 spiro atoms. The van der Waals surface area contributed by atoms with Crippen molar-refractivity contribution < 1.29 is 0 Å². The van der Waals surface area contributed by atoms with Crippen molar-refractivity contribution >= 4 is 35.2 Å². The Balaban J connectivity index is 2.13. The number of nitrogens with zero attached hydrogens (tertiary/aromatic N) is 1. The monoisotopic (exact) mass is 251 g/mol. The minimum Gasteiger partial charge on any atom is -0.195 e. The summed E-state index contributed by atoms with van der Waals surface area (Å²) in [5, 5.41) is 2.36. The van der Waals surface area contributed by atoms with E-state index in [1.165, 1.54) is 11.1 Å². The summed E-state index contributed by atoms with van der Waals surface area (Å²) in [6.07, 6.45) is 4.17. The maximum Gasteiger partial charge on any atom is 0.0739 e. The fraction of sp³-hybridized carbons (Fsp3) is 0.0625. The van der Waals surface area contributed by atoms with Crippen molar-refractivity contribution in [3.63, 3.8) is 0 Å². The van der Waals surface area contributed by atoms with Crippen LogP contribution < -0.4 is 0 Å². The van der Waals surface area contributed by atoms with Crippen molar-refractivity contribution in [1.29, 1.82) is 0 Å². The summed E-state index contributed by atoms with van der Waals surface area (Å²) < 4.78 is 0. The lowest BCUT2D eigenvalue weighted by Gasteiger charge is -1.96. The van der Waals surface area contributed by atoms with Crippen molar-refractivity contribution in [2.24, 2.45) is 4.99 Å². The number of isothiocyanates is 1. The molecule has 0 bridgehead atoms. The van der Waals surface area contributed by atoms with Gasteiger partial charge in [0.05, 0.1) is 10.8 Å². The summed E-state index contributed by atoms with van der Waals surface area (Å²) in [5.74, 6) is 0. The van der Waals surface area contributed by atoms with E-state index in [-0.39, 0.29) is 0 Å². The zero-order valence-corrected chi connectivity index (χ0v) is 10.9. The molecule has 2 heteroatoms. The Morgan fingerprint density at radius 3 is 1.89 bits per heavy atom. The molecule has 0 unspecified atom stereocenters. The first-order valence-electron chi connectivity index (χ1n) is 5.70. The van der Waals surface area contributed by atoms with Crippen LogP contribution in [0.15, 0.2) is 53.5 Å². The highest BCUT2D eigenvalue weighted by Gasteiger charge is 1.90. The van der Waals surface area contributed by atoms with Crippen molar-refractivity contribution in [2.45, 2.75) is 6.92 Å². The van der Waals surface area contributed by atoms with Gasteiger partial charge in [0.25, 0.3) is 0 Å². The Morgan fingerprint density at radius 1 is 0.889 bits per heavy atom. The Morgan fingerprint density at radius 2 is 1.39 bits per heavy atom. The minimum atomic E-state index is 0.831. The van der Waals surface area contributed by atoms with Crippen LogP contribution in [-0.2, 0) is 0 Å². The van der Waals surface area contributed by atoms with Gasteiger partial charge >= 0.3 is 0 Å². The van der Waals surface area contributed by atoms with Crippen LogP contribution in [0.25, 0.3) is 12.2 Å². The molecular weight excluding hydrogens is 238 g/mol. The van der Waals surface area contributed by atoms with Gasteiger partial charge in [0.15, 0.2) is 0 Å². The maximum atomic E-state index is 4.56. The number of thiocarbonyl (C=S) groups is 1. The second-order valence-electron chi connectivity index (χ2n) is 4.04. The molecule has 0 aromatic heterocycles. The number of rotatable bonds is 3. The molecule has 0 atom stereocenters. The number of hydrogen-bond donors (Lipinski definition) is 0. The Bertz CT molecular complexity index is 588. The lowest BCUT2D eigenvalue weighted by atomic mass is 10.1. The largest absolute Gasteiger partial charge is 0.195 e. The van der Waals surface area contributed by atoms with Crippen LogP contribution in [0.2, 0.25) is 0 Å². The lowest BCUT2D eigenvalue weighted by Crippen LogP contribution is -1.74. The van der Waals surface area contributed by atoms with Crippen molar-refractivity contribution in [1.82, 2.24) is 0 Å². The zero-order chi connectivity index (χ0) is 12.8. The van der Waals surface area contributed by atoms with E-state index in [1.807, 2.05) is 24.3 Å². The third-order valence-corrected chi connectivity index (χ3v) is 2.70. The molecule has 0 aliphatic rings. The van der Waals surface area contributed by atoms with E-state index >= 15 is 0 Å². The molecule has 1 nitrogen and oxygen atoms in total. The normalized spacial score (nSPS) is 10.3. The summed E-state index contributed by atoms with van der Waals surface area (Å²) in [6.45, 7) is 2.09. The molecule has 0 saturated heterocycles. The van der Waals surface area contributed by atoms with Crippen LogP contribution in [0, 0.1) is 6.92 Å². The van der Waals surface area contributed by atoms with E-state index in [4.69, 9.17) is 0 Å². The van der Waals surface area contributed by atoms with Gasteiger partial charge in [0, 0.05) is 0 Å². The summed E-state index contributed by atoms with van der Waals surface area (Å²) in [4.78, 5) is 3.92. The highest BCUT2D eigenvalue weighted by molar-refractivity contribution is 7.78. The van der Waals surface area contributed by atoms with E-state index in [9.17, 15) is 0 Å². The average molecular weight is 251 g/mol. The Labute approximate surface area is 113 Å². The quantitative estimate of drug-likeness (QED) is 0.429. The molecule has 0 heterocycles. The molecule has 0 aliphatic carbocycles. The first-order chi connectivity index (χ1) is 8.78. The highest BCUT2D eigenvalue weighted by atomic mass is 32.1.